The van der Waals surface area contributed by atoms with Gasteiger partial charge in [-0.1, -0.05) is 35.9 Å². The number of rotatable bonds is 5. The maximum absolute atomic E-state index is 12.7. The molecule has 0 spiro atoms. The van der Waals surface area contributed by atoms with Gasteiger partial charge in [0, 0.05) is 25.0 Å². The molecule has 2 atom stereocenters. The Balaban J connectivity index is 1.58. The van der Waals surface area contributed by atoms with Crippen molar-refractivity contribution in [3.05, 3.63) is 65.0 Å². The fourth-order valence-electron chi connectivity index (χ4n) is 3.24. The third kappa shape index (κ3) is 4.67. The van der Waals surface area contributed by atoms with Gasteiger partial charge in [-0.15, -0.1) is 0 Å². The van der Waals surface area contributed by atoms with Gasteiger partial charge in [0.05, 0.1) is 12.0 Å². The minimum atomic E-state index is -0.143. The van der Waals surface area contributed by atoms with Crippen LogP contribution in [0.25, 0.3) is 0 Å². The van der Waals surface area contributed by atoms with E-state index in [9.17, 15) is 4.79 Å². The molecule has 3 rings (SSSR count). The summed E-state index contributed by atoms with van der Waals surface area (Å²) >= 11 is 0. The molecule has 1 aliphatic heterocycles. The van der Waals surface area contributed by atoms with E-state index in [0.717, 1.165) is 42.7 Å². The molecule has 0 bridgehead atoms. The van der Waals surface area contributed by atoms with E-state index in [1.807, 2.05) is 19.2 Å². The van der Waals surface area contributed by atoms with Crippen molar-refractivity contribution in [3.8, 4) is 0 Å². The maximum atomic E-state index is 12.7. The van der Waals surface area contributed by atoms with Crippen molar-refractivity contribution in [2.24, 2.45) is 5.92 Å². The van der Waals surface area contributed by atoms with E-state index in [4.69, 9.17) is 4.74 Å². The first kappa shape index (κ1) is 17.6. The summed E-state index contributed by atoms with van der Waals surface area (Å²) in [5, 5.41) is 3.08. The Morgan fingerprint density at radius 1 is 1.20 bits per heavy atom. The van der Waals surface area contributed by atoms with Crippen molar-refractivity contribution in [2.45, 2.75) is 39.2 Å². The van der Waals surface area contributed by atoms with Crippen LogP contribution in [0.1, 0.15) is 41.3 Å². The number of hydrogen-bond acceptors (Lipinski definition) is 3. The second kappa shape index (κ2) is 8.26. The molecule has 2 aromatic rings. The Labute approximate surface area is 149 Å². The molecule has 0 aliphatic carbocycles. The highest BCUT2D eigenvalue weighted by Gasteiger charge is 2.32. The number of benzene rings is 1. The lowest BCUT2D eigenvalue weighted by Crippen LogP contribution is -2.38. The van der Waals surface area contributed by atoms with Gasteiger partial charge >= 0.3 is 0 Å². The minimum absolute atomic E-state index is 0.0883. The average Bonchev–Trinajstić information content (AvgIpc) is 2.64. The van der Waals surface area contributed by atoms with Gasteiger partial charge in [-0.3, -0.25) is 9.78 Å². The van der Waals surface area contributed by atoms with E-state index < -0.39 is 0 Å². The molecule has 2 heterocycles. The number of amides is 1. The van der Waals surface area contributed by atoms with E-state index >= 15 is 0 Å². The van der Waals surface area contributed by atoms with E-state index in [1.165, 1.54) is 5.56 Å². The minimum Gasteiger partial charge on any atom is -0.373 e. The van der Waals surface area contributed by atoms with Crippen LogP contribution >= 0.6 is 0 Å². The topological polar surface area (TPSA) is 51.2 Å². The lowest BCUT2D eigenvalue weighted by molar-refractivity contribution is -0.134. The normalized spacial score (nSPS) is 20.2. The molecule has 0 unspecified atom stereocenters. The van der Waals surface area contributed by atoms with Crippen molar-refractivity contribution in [1.82, 2.24) is 10.3 Å². The second-order valence-corrected chi connectivity index (χ2v) is 6.80. The van der Waals surface area contributed by atoms with Gasteiger partial charge < -0.3 is 10.1 Å². The van der Waals surface area contributed by atoms with Gasteiger partial charge in [0.1, 0.15) is 0 Å². The highest BCUT2D eigenvalue weighted by Crippen LogP contribution is 2.33. The summed E-state index contributed by atoms with van der Waals surface area (Å²) in [7, 11) is 0. The van der Waals surface area contributed by atoms with Crippen molar-refractivity contribution in [1.29, 1.82) is 0 Å². The zero-order valence-electron chi connectivity index (χ0n) is 15.0. The number of pyridine rings is 1. The largest absolute Gasteiger partial charge is 0.373 e. The number of carbonyl (C=O) groups excluding carboxylic acids is 1. The highest BCUT2D eigenvalue weighted by atomic mass is 16.5. The summed E-state index contributed by atoms with van der Waals surface area (Å²) in [6, 6.07) is 12.4. The molecule has 1 aliphatic rings. The first-order chi connectivity index (χ1) is 12.1. The predicted molar refractivity (Wildman–Crippen MR) is 98.3 cm³/mol. The molecule has 0 radical (unpaired) electrons. The average molecular weight is 338 g/mol. The molecule has 1 aromatic carbocycles. The van der Waals surface area contributed by atoms with Crippen LogP contribution in [0.2, 0.25) is 0 Å². The number of nitrogens with one attached hydrogen (secondary N) is 1. The van der Waals surface area contributed by atoms with E-state index in [0.29, 0.717) is 6.54 Å². The van der Waals surface area contributed by atoms with Crippen molar-refractivity contribution >= 4 is 5.91 Å². The molecule has 132 valence electrons. The summed E-state index contributed by atoms with van der Waals surface area (Å²) in [5.74, 6) is -0.0297. The molecule has 1 amide bonds. The SMILES string of the molecule is Cc1ccc([C@H]2OCCC[C@H]2C(=O)NCCc2ccc(C)nc2)cc1. The van der Waals surface area contributed by atoms with Crippen LogP contribution < -0.4 is 5.32 Å². The number of hydrogen-bond donors (Lipinski definition) is 1. The molecule has 25 heavy (non-hydrogen) atoms. The number of nitrogens with zero attached hydrogens (tertiary/aromatic N) is 1. The van der Waals surface area contributed by atoms with E-state index in [1.54, 1.807) is 0 Å². The Bertz CT molecular complexity index is 695. The van der Waals surface area contributed by atoms with Gasteiger partial charge in [0.15, 0.2) is 0 Å². The van der Waals surface area contributed by atoms with Gasteiger partial charge in [-0.05, 0) is 50.3 Å². The third-order valence-electron chi connectivity index (χ3n) is 4.75. The fourth-order valence-corrected chi connectivity index (χ4v) is 3.24. The summed E-state index contributed by atoms with van der Waals surface area (Å²) in [6.45, 7) is 5.38. The van der Waals surface area contributed by atoms with Gasteiger partial charge in [0.25, 0.3) is 0 Å². The fraction of sp³-hybridized carbons (Fsp3) is 0.429. The first-order valence-electron chi connectivity index (χ1n) is 9.01. The van der Waals surface area contributed by atoms with Crippen LogP contribution in [0.5, 0.6) is 0 Å². The summed E-state index contributed by atoms with van der Waals surface area (Å²) in [4.78, 5) is 17.0. The number of aromatic nitrogens is 1. The smallest absolute Gasteiger partial charge is 0.226 e. The molecule has 1 N–H and O–H groups in total. The monoisotopic (exact) mass is 338 g/mol. The van der Waals surface area contributed by atoms with Crippen LogP contribution in [0.4, 0.5) is 0 Å². The molecule has 4 nitrogen and oxygen atoms in total. The van der Waals surface area contributed by atoms with Crippen molar-refractivity contribution in [3.63, 3.8) is 0 Å². The number of carbonyl (C=O) groups is 1. The summed E-state index contributed by atoms with van der Waals surface area (Å²) in [5.41, 5.74) is 4.45. The van der Waals surface area contributed by atoms with Crippen LogP contribution in [-0.2, 0) is 16.0 Å². The van der Waals surface area contributed by atoms with Crippen LogP contribution in [-0.4, -0.2) is 24.0 Å². The van der Waals surface area contributed by atoms with Crippen molar-refractivity contribution in [2.75, 3.05) is 13.2 Å². The van der Waals surface area contributed by atoms with Crippen LogP contribution in [0.3, 0.4) is 0 Å². The molecule has 1 aromatic heterocycles. The zero-order valence-corrected chi connectivity index (χ0v) is 15.0. The zero-order chi connectivity index (χ0) is 17.6. The molecular formula is C21H26N2O2. The van der Waals surface area contributed by atoms with E-state index in [-0.39, 0.29) is 17.9 Å². The quantitative estimate of drug-likeness (QED) is 0.907. The van der Waals surface area contributed by atoms with Crippen molar-refractivity contribution < 1.29 is 9.53 Å². The van der Waals surface area contributed by atoms with Gasteiger partial charge in [0.2, 0.25) is 5.91 Å². The Morgan fingerprint density at radius 3 is 2.72 bits per heavy atom. The lowest BCUT2D eigenvalue weighted by atomic mass is 9.88. The summed E-state index contributed by atoms with van der Waals surface area (Å²) < 4.78 is 5.94. The first-order valence-corrected chi connectivity index (χ1v) is 9.01. The molecule has 1 fully saturated rings. The molecule has 4 heteroatoms. The van der Waals surface area contributed by atoms with Crippen LogP contribution in [0.15, 0.2) is 42.6 Å². The van der Waals surface area contributed by atoms with Crippen LogP contribution in [0, 0.1) is 19.8 Å². The predicted octanol–water partition coefficient (Wildman–Crippen LogP) is 3.53. The molecule has 1 saturated heterocycles. The Kier molecular flexibility index (Phi) is 5.82. The molecular weight excluding hydrogens is 312 g/mol. The summed E-state index contributed by atoms with van der Waals surface area (Å²) in [6.07, 6.45) is 4.33. The maximum Gasteiger partial charge on any atom is 0.226 e. The Hall–Kier alpha value is -2.20. The second-order valence-electron chi connectivity index (χ2n) is 6.80. The lowest BCUT2D eigenvalue weighted by Gasteiger charge is -2.31. The number of ether oxygens (including phenoxy) is 1. The van der Waals surface area contributed by atoms with Gasteiger partial charge in [-0.25, -0.2) is 0 Å². The van der Waals surface area contributed by atoms with Gasteiger partial charge in [-0.2, -0.15) is 0 Å². The standard InChI is InChI=1S/C21H26N2O2/c1-15-5-9-18(10-6-15)20-19(4-3-13-25-20)21(24)22-12-11-17-8-7-16(2)23-14-17/h5-10,14,19-20H,3-4,11-13H2,1-2H3,(H,22,24)/t19-,20-/m1/s1. The third-order valence-corrected chi connectivity index (χ3v) is 4.75. The van der Waals surface area contributed by atoms with E-state index in [2.05, 4.69) is 47.6 Å². The molecule has 0 saturated carbocycles. The highest BCUT2D eigenvalue weighted by molar-refractivity contribution is 5.79. The Morgan fingerprint density at radius 2 is 2.00 bits per heavy atom. The number of aryl methyl sites for hydroxylation is 2.